The van der Waals surface area contributed by atoms with Crippen LogP contribution in [0.2, 0.25) is 10.0 Å². The molecular formula is C17H13Cl2N3O3. The molecule has 3 rings (SSSR count). The molecule has 6 nitrogen and oxygen atoms in total. The summed E-state index contributed by atoms with van der Waals surface area (Å²) >= 11 is 11.9. The highest BCUT2D eigenvalue weighted by Crippen LogP contribution is 2.29. The van der Waals surface area contributed by atoms with Crippen LogP contribution in [0, 0.1) is 0 Å². The number of H-pyrrole nitrogens is 1. The van der Waals surface area contributed by atoms with E-state index in [0.29, 0.717) is 21.8 Å². The highest BCUT2D eigenvalue weighted by molar-refractivity contribution is 6.44. The topological polar surface area (TPSA) is 84.1 Å². The molecule has 0 saturated heterocycles. The van der Waals surface area contributed by atoms with Crippen LogP contribution in [0.5, 0.6) is 0 Å². The summed E-state index contributed by atoms with van der Waals surface area (Å²) in [4.78, 5) is 24.4. The van der Waals surface area contributed by atoms with Crippen LogP contribution in [0.3, 0.4) is 0 Å². The first-order valence-corrected chi connectivity index (χ1v) is 8.10. The first kappa shape index (κ1) is 17.3. The lowest BCUT2D eigenvalue weighted by molar-refractivity contribution is -0.123. The molecule has 0 aliphatic heterocycles. The van der Waals surface area contributed by atoms with Gasteiger partial charge in [0.1, 0.15) is 0 Å². The van der Waals surface area contributed by atoms with Crippen molar-refractivity contribution in [3.63, 3.8) is 0 Å². The van der Waals surface area contributed by atoms with Gasteiger partial charge in [0.2, 0.25) is 0 Å². The van der Waals surface area contributed by atoms with Crippen LogP contribution in [0.4, 0.5) is 5.69 Å². The van der Waals surface area contributed by atoms with E-state index in [-0.39, 0.29) is 5.02 Å². The van der Waals surface area contributed by atoms with Crippen LogP contribution in [-0.2, 0) is 9.53 Å². The Hall–Kier alpha value is -2.57. The van der Waals surface area contributed by atoms with E-state index in [1.165, 1.54) is 6.92 Å². The minimum absolute atomic E-state index is 0.223. The predicted molar refractivity (Wildman–Crippen MR) is 96.1 cm³/mol. The fourth-order valence-electron chi connectivity index (χ4n) is 2.18. The number of ether oxygens (including phenoxy) is 1. The van der Waals surface area contributed by atoms with Crippen molar-refractivity contribution in [1.29, 1.82) is 0 Å². The minimum atomic E-state index is -1.01. The Balaban J connectivity index is 1.68. The van der Waals surface area contributed by atoms with E-state index >= 15 is 0 Å². The van der Waals surface area contributed by atoms with Crippen LogP contribution < -0.4 is 5.32 Å². The van der Waals surface area contributed by atoms with E-state index in [2.05, 4.69) is 15.5 Å². The summed E-state index contributed by atoms with van der Waals surface area (Å²) in [6.07, 6.45) is 0.634. The third kappa shape index (κ3) is 3.75. The normalized spacial score (nSPS) is 12.0. The van der Waals surface area contributed by atoms with Gasteiger partial charge in [-0.25, -0.2) is 4.79 Å². The molecule has 0 fully saturated rings. The van der Waals surface area contributed by atoms with Crippen molar-refractivity contribution < 1.29 is 14.3 Å². The van der Waals surface area contributed by atoms with Crippen molar-refractivity contribution in [3.8, 4) is 0 Å². The Morgan fingerprint density at radius 1 is 1.24 bits per heavy atom. The fourth-order valence-corrected chi connectivity index (χ4v) is 2.53. The molecular weight excluding hydrogens is 365 g/mol. The van der Waals surface area contributed by atoms with Crippen LogP contribution in [0.15, 0.2) is 42.6 Å². The molecule has 1 aromatic heterocycles. The van der Waals surface area contributed by atoms with E-state index in [4.69, 9.17) is 27.9 Å². The second-order valence-electron chi connectivity index (χ2n) is 5.31. The van der Waals surface area contributed by atoms with E-state index < -0.39 is 18.0 Å². The second-order valence-corrected chi connectivity index (χ2v) is 6.10. The maximum Gasteiger partial charge on any atom is 0.338 e. The zero-order valence-corrected chi connectivity index (χ0v) is 14.6. The van der Waals surface area contributed by atoms with Gasteiger partial charge in [0, 0.05) is 5.39 Å². The smallest absolute Gasteiger partial charge is 0.338 e. The number of esters is 1. The fraction of sp³-hybridized carbons (Fsp3) is 0.118. The van der Waals surface area contributed by atoms with E-state index in [9.17, 15) is 9.59 Å². The number of halogens is 2. The summed E-state index contributed by atoms with van der Waals surface area (Å²) in [6, 6.07) is 9.83. The molecule has 0 aliphatic rings. The summed E-state index contributed by atoms with van der Waals surface area (Å²) in [7, 11) is 0. The number of nitrogens with zero attached hydrogens (tertiary/aromatic N) is 1. The van der Waals surface area contributed by atoms with Crippen molar-refractivity contribution in [2.45, 2.75) is 13.0 Å². The molecule has 128 valence electrons. The number of hydrogen-bond acceptors (Lipinski definition) is 4. The summed E-state index contributed by atoms with van der Waals surface area (Å²) in [5.41, 5.74) is 1.37. The molecule has 2 N–H and O–H groups in total. The molecule has 1 amide bonds. The van der Waals surface area contributed by atoms with E-state index in [1.54, 1.807) is 42.6 Å². The molecule has 3 aromatic rings. The van der Waals surface area contributed by atoms with Crippen molar-refractivity contribution in [2.24, 2.45) is 0 Å². The third-order valence-corrected chi connectivity index (χ3v) is 4.36. The summed E-state index contributed by atoms with van der Waals surface area (Å²) < 4.78 is 5.20. The van der Waals surface area contributed by atoms with Crippen molar-refractivity contribution in [3.05, 3.63) is 58.2 Å². The van der Waals surface area contributed by atoms with E-state index in [0.717, 1.165) is 5.39 Å². The average molecular weight is 378 g/mol. The zero-order chi connectivity index (χ0) is 18.0. The van der Waals surface area contributed by atoms with Crippen LogP contribution >= 0.6 is 23.2 Å². The quantitative estimate of drug-likeness (QED) is 0.671. The average Bonchev–Trinajstić information content (AvgIpc) is 3.06. The molecule has 2 aromatic carbocycles. The highest BCUT2D eigenvalue weighted by Gasteiger charge is 2.20. The third-order valence-electron chi connectivity index (χ3n) is 3.54. The van der Waals surface area contributed by atoms with Crippen LogP contribution in [0.1, 0.15) is 17.3 Å². The standard InChI is InChI=1S/C17H13Cl2N3O3/c1-9(16(23)21-13-4-2-3-12(18)15(13)19)25-17(24)10-5-6-11-8-20-22-14(11)7-10/h2-9H,1H3,(H,20,22)(H,21,23)/t9-/m1/s1. The number of fused-ring (bicyclic) bond motifs is 1. The van der Waals surface area contributed by atoms with Gasteiger partial charge in [0.15, 0.2) is 6.10 Å². The van der Waals surface area contributed by atoms with Crippen LogP contribution in [-0.4, -0.2) is 28.2 Å². The molecule has 0 aliphatic carbocycles. The lowest BCUT2D eigenvalue weighted by atomic mass is 10.2. The Labute approximate surface area is 153 Å². The maximum atomic E-state index is 12.2. The monoisotopic (exact) mass is 377 g/mol. The molecule has 0 unspecified atom stereocenters. The molecule has 25 heavy (non-hydrogen) atoms. The zero-order valence-electron chi connectivity index (χ0n) is 13.0. The largest absolute Gasteiger partial charge is 0.449 e. The van der Waals surface area contributed by atoms with Gasteiger partial charge in [0.25, 0.3) is 5.91 Å². The number of carbonyl (C=O) groups is 2. The molecule has 0 spiro atoms. The number of benzene rings is 2. The Morgan fingerprint density at radius 2 is 2.04 bits per heavy atom. The number of rotatable bonds is 4. The van der Waals surface area contributed by atoms with E-state index in [1.807, 2.05) is 0 Å². The number of aromatic amines is 1. The minimum Gasteiger partial charge on any atom is -0.449 e. The van der Waals surface area contributed by atoms with Gasteiger partial charge < -0.3 is 10.1 Å². The number of nitrogens with one attached hydrogen (secondary N) is 2. The van der Waals surface area contributed by atoms with Gasteiger partial charge in [-0.15, -0.1) is 0 Å². The molecule has 0 bridgehead atoms. The molecule has 1 heterocycles. The first-order chi connectivity index (χ1) is 12.0. The van der Waals surface area contributed by atoms with Gasteiger partial charge >= 0.3 is 5.97 Å². The summed E-state index contributed by atoms with van der Waals surface area (Å²) in [5.74, 6) is -1.13. The first-order valence-electron chi connectivity index (χ1n) is 7.34. The molecule has 0 saturated carbocycles. The molecule has 0 radical (unpaired) electrons. The molecule has 1 atom stereocenters. The van der Waals surface area contributed by atoms with Gasteiger partial charge in [-0.1, -0.05) is 35.3 Å². The number of hydrogen-bond donors (Lipinski definition) is 2. The predicted octanol–water partition coefficient (Wildman–Crippen LogP) is 4.05. The van der Waals surface area contributed by atoms with Crippen molar-refractivity contribution in [1.82, 2.24) is 10.2 Å². The van der Waals surface area contributed by atoms with Gasteiger partial charge in [-0.2, -0.15) is 5.10 Å². The Morgan fingerprint density at radius 3 is 2.84 bits per heavy atom. The second kappa shape index (κ2) is 7.13. The highest BCUT2D eigenvalue weighted by atomic mass is 35.5. The van der Waals surface area contributed by atoms with Gasteiger partial charge in [-0.3, -0.25) is 9.89 Å². The maximum absolute atomic E-state index is 12.2. The van der Waals surface area contributed by atoms with Crippen molar-refractivity contribution in [2.75, 3.05) is 5.32 Å². The number of aromatic nitrogens is 2. The van der Waals surface area contributed by atoms with Crippen molar-refractivity contribution >= 4 is 51.7 Å². The van der Waals surface area contributed by atoms with Gasteiger partial charge in [0.05, 0.1) is 33.0 Å². The SMILES string of the molecule is C[C@@H](OC(=O)c1ccc2cn[nH]c2c1)C(=O)Nc1cccc(Cl)c1Cl. The summed E-state index contributed by atoms with van der Waals surface area (Å²) in [5, 5.41) is 10.7. The Kier molecular flexibility index (Phi) is 4.92. The molecule has 8 heteroatoms. The number of anilines is 1. The lowest BCUT2D eigenvalue weighted by Crippen LogP contribution is -2.30. The van der Waals surface area contributed by atoms with Crippen LogP contribution in [0.25, 0.3) is 10.9 Å². The summed E-state index contributed by atoms with van der Waals surface area (Å²) in [6.45, 7) is 1.47. The number of amides is 1. The number of carbonyl (C=O) groups excluding carboxylic acids is 2. The lowest BCUT2D eigenvalue weighted by Gasteiger charge is -2.14. The Bertz CT molecular complexity index is 955. The van der Waals surface area contributed by atoms with Gasteiger partial charge in [-0.05, 0) is 31.2 Å².